The van der Waals surface area contributed by atoms with E-state index in [2.05, 4.69) is 0 Å². The van der Waals surface area contributed by atoms with E-state index in [-0.39, 0.29) is 5.56 Å². The summed E-state index contributed by atoms with van der Waals surface area (Å²) in [6.07, 6.45) is 5.04. The Morgan fingerprint density at radius 2 is 1.92 bits per heavy atom. The fourth-order valence-electron chi connectivity index (χ4n) is 6.59. The predicted molar refractivity (Wildman–Crippen MR) is 142 cm³/mol. The smallest absolute Gasteiger partial charge is 0.467 e. The van der Waals surface area contributed by atoms with Crippen LogP contribution in [0, 0.1) is 13.8 Å². The van der Waals surface area contributed by atoms with Gasteiger partial charge in [0.25, 0.3) is 5.56 Å². The minimum absolute atomic E-state index is 0.205. The summed E-state index contributed by atoms with van der Waals surface area (Å²) in [7, 11) is 1.34. The van der Waals surface area contributed by atoms with Gasteiger partial charge < -0.3 is 22.3 Å². The molecule has 0 spiro atoms. The lowest BCUT2D eigenvalue weighted by atomic mass is 9.84. The van der Waals surface area contributed by atoms with Gasteiger partial charge in [-0.15, -0.1) is 11.8 Å². The fourth-order valence-corrected chi connectivity index (χ4v) is 8.00. The normalized spacial score (nSPS) is 21.7. The maximum absolute atomic E-state index is 15.9. The van der Waals surface area contributed by atoms with Crippen LogP contribution >= 0.6 is 11.8 Å². The number of methoxy groups -OCH3 is 1. The van der Waals surface area contributed by atoms with Crippen molar-refractivity contribution < 1.29 is 22.6 Å². The molecule has 3 aliphatic heterocycles. The largest absolute Gasteiger partial charge is 0.737 e. The van der Waals surface area contributed by atoms with E-state index in [4.69, 9.17) is 4.74 Å². The molecule has 1 aliphatic carbocycles. The summed E-state index contributed by atoms with van der Waals surface area (Å²) >= 11 is 1.54. The Morgan fingerprint density at radius 3 is 2.59 bits per heavy atom. The van der Waals surface area contributed by atoms with Crippen molar-refractivity contribution in [2.75, 3.05) is 12.9 Å². The minimum Gasteiger partial charge on any atom is -0.467 e. The van der Waals surface area contributed by atoms with E-state index < -0.39 is 19.0 Å². The predicted octanol–water partition coefficient (Wildman–Crippen LogP) is 4.98. The number of allylic oxidation sites excluding steroid dienone is 3. The van der Waals surface area contributed by atoms with Crippen molar-refractivity contribution >= 4 is 36.0 Å². The van der Waals surface area contributed by atoms with Gasteiger partial charge in [0.05, 0.1) is 12.1 Å². The highest BCUT2D eigenvalue weighted by atomic mass is 32.2. The van der Waals surface area contributed by atoms with Crippen LogP contribution in [0.25, 0.3) is 5.57 Å². The van der Waals surface area contributed by atoms with Crippen molar-refractivity contribution in [2.24, 2.45) is 0 Å². The molecule has 1 atom stereocenters. The van der Waals surface area contributed by atoms with Gasteiger partial charge in [0.15, 0.2) is 5.70 Å². The molecule has 1 saturated carbocycles. The van der Waals surface area contributed by atoms with Crippen LogP contribution in [0.3, 0.4) is 0 Å². The highest BCUT2D eigenvalue weighted by Crippen LogP contribution is 2.49. The van der Waals surface area contributed by atoms with Crippen LogP contribution in [0.4, 0.5) is 8.63 Å². The minimum atomic E-state index is -4.00. The van der Waals surface area contributed by atoms with Gasteiger partial charge in [-0.2, -0.15) is 0 Å². The molecule has 0 saturated heterocycles. The standard InChI is InChI=1S/C27H30BF2N3O3S/c1-14-10-16(3)32-24(14)20(25-15(2)11-17(4)33(25)28(32,29)30)9-8-19-12-22(34)31-21(27(35)36-5)13-37-26(31)23(19)18-6-7-18/h10-12,18,21H,6-9,13H2,1-5H3. The summed E-state index contributed by atoms with van der Waals surface area (Å²) in [5, 5.41) is 0.870. The van der Waals surface area contributed by atoms with Crippen molar-refractivity contribution in [3.63, 3.8) is 0 Å². The molecular formula is C27H30BF2N3O3S. The quantitative estimate of drug-likeness (QED) is 0.409. The van der Waals surface area contributed by atoms with Gasteiger partial charge in [0.1, 0.15) is 11.8 Å². The van der Waals surface area contributed by atoms with Crippen LogP contribution in [-0.4, -0.2) is 45.0 Å². The molecule has 1 fully saturated rings. The second-order valence-corrected chi connectivity index (χ2v) is 11.7. The summed E-state index contributed by atoms with van der Waals surface area (Å²) < 4.78 is 40.7. The lowest BCUT2D eigenvalue weighted by Gasteiger charge is -2.34. The molecule has 6 nitrogen and oxygen atoms in total. The van der Waals surface area contributed by atoms with Crippen molar-refractivity contribution in [1.82, 2.24) is 9.05 Å². The Bertz CT molecular complexity index is 1540. The number of hydrogen-bond acceptors (Lipinski definition) is 4. The first kappa shape index (κ1) is 24.5. The summed E-state index contributed by atoms with van der Waals surface area (Å²) in [6, 6.07) is 2.89. The third-order valence-corrected chi connectivity index (χ3v) is 9.33. The second-order valence-electron chi connectivity index (χ2n) is 10.7. The highest BCUT2D eigenvalue weighted by molar-refractivity contribution is 7.99. The zero-order valence-corrected chi connectivity index (χ0v) is 22.5. The third-order valence-electron chi connectivity index (χ3n) is 8.16. The maximum atomic E-state index is 15.9. The van der Waals surface area contributed by atoms with Gasteiger partial charge in [0.2, 0.25) is 0 Å². The molecule has 0 radical (unpaired) electrons. The number of esters is 1. The number of rotatable bonds is 5. The van der Waals surface area contributed by atoms with E-state index in [9.17, 15) is 9.59 Å². The Balaban J connectivity index is 1.46. The number of pyridine rings is 1. The van der Waals surface area contributed by atoms with Gasteiger partial charge in [-0.3, -0.25) is 9.36 Å². The van der Waals surface area contributed by atoms with E-state index in [1.165, 1.54) is 16.1 Å². The number of nitrogens with zero attached hydrogens (tertiary/aromatic N) is 3. The molecular weight excluding hydrogens is 495 g/mol. The molecule has 6 rings (SSSR count). The molecule has 1 unspecified atom stereocenters. The van der Waals surface area contributed by atoms with E-state index in [1.54, 1.807) is 36.2 Å². The molecule has 37 heavy (non-hydrogen) atoms. The van der Waals surface area contributed by atoms with Crippen molar-refractivity contribution in [3.8, 4) is 0 Å². The van der Waals surface area contributed by atoms with Crippen LogP contribution in [0.1, 0.15) is 73.1 Å². The van der Waals surface area contributed by atoms with Crippen molar-refractivity contribution in [2.45, 2.75) is 70.4 Å². The Labute approximate surface area is 218 Å². The van der Waals surface area contributed by atoms with Crippen molar-refractivity contribution in [3.05, 3.63) is 67.9 Å². The first-order chi connectivity index (χ1) is 17.6. The van der Waals surface area contributed by atoms with E-state index in [1.807, 2.05) is 26.0 Å². The van der Waals surface area contributed by atoms with Gasteiger partial charge >= 0.3 is 12.9 Å². The van der Waals surface area contributed by atoms with Gasteiger partial charge in [0, 0.05) is 41.7 Å². The third kappa shape index (κ3) is 3.47. The average Bonchev–Trinajstić information content (AvgIpc) is 3.37. The zero-order chi connectivity index (χ0) is 26.4. The molecule has 0 amide bonds. The van der Waals surface area contributed by atoms with Crippen LogP contribution in [0.5, 0.6) is 0 Å². The zero-order valence-electron chi connectivity index (χ0n) is 21.7. The van der Waals surface area contributed by atoms with Crippen LogP contribution in [0.15, 0.2) is 39.3 Å². The first-order valence-corrected chi connectivity index (χ1v) is 13.8. The topological polar surface area (TPSA) is 56.2 Å². The number of ether oxygens (including phenoxy) is 1. The second kappa shape index (κ2) is 8.31. The number of carbonyl (C=O) groups excluding carboxylic acids is 1. The number of halogens is 2. The SMILES string of the molecule is COC(=O)C1CSc2c(C3CC3)c(CCC3=C4C(C)=CC(C)=[N+]4[B-](F)(F)n4c(C)cc(C)c43)cc(=O)n21. The highest BCUT2D eigenvalue weighted by Gasteiger charge is 2.54. The lowest BCUT2D eigenvalue weighted by molar-refractivity contribution is -0.363. The first-order valence-electron chi connectivity index (χ1n) is 12.8. The Hall–Kier alpha value is -2.88. The summed E-state index contributed by atoms with van der Waals surface area (Å²) in [5.41, 5.74) is 6.77. The van der Waals surface area contributed by atoms with Gasteiger partial charge in [-0.05, 0) is 80.8 Å². The van der Waals surface area contributed by atoms with Crippen molar-refractivity contribution in [1.29, 1.82) is 0 Å². The van der Waals surface area contributed by atoms with Crippen LogP contribution in [-0.2, 0) is 16.0 Å². The lowest BCUT2D eigenvalue weighted by Crippen LogP contribution is -2.51. The van der Waals surface area contributed by atoms with Crippen LogP contribution < -0.4 is 5.56 Å². The number of fused-ring (bicyclic) bond motifs is 3. The number of aryl methyl sites for hydroxylation is 3. The van der Waals surface area contributed by atoms with E-state index in [0.29, 0.717) is 47.3 Å². The molecule has 2 aromatic heterocycles. The molecule has 4 aliphatic rings. The summed E-state index contributed by atoms with van der Waals surface area (Å²) in [4.78, 5) is 25.6. The van der Waals surface area contributed by atoms with Gasteiger partial charge in [-0.1, -0.05) is 0 Å². The number of aromatic nitrogens is 2. The fraction of sp³-hybridized carbons (Fsp3) is 0.444. The molecule has 0 N–H and O–H groups in total. The van der Waals surface area contributed by atoms with E-state index >= 15 is 8.63 Å². The van der Waals surface area contributed by atoms with Crippen LogP contribution in [0.2, 0.25) is 0 Å². The summed E-state index contributed by atoms with van der Waals surface area (Å²) in [5.74, 6) is 0.449. The number of hydrogen-bond donors (Lipinski definition) is 0. The molecule has 194 valence electrons. The Kier molecular flexibility index (Phi) is 5.50. The molecule has 10 heteroatoms. The Morgan fingerprint density at radius 1 is 1.19 bits per heavy atom. The molecule has 2 aromatic rings. The molecule has 0 aromatic carbocycles. The summed E-state index contributed by atoms with van der Waals surface area (Å²) in [6.45, 7) is 3.27. The average molecular weight is 525 g/mol. The van der Waals surface area contributed by atoms with Gasteiger partial charge in [-0.25, -0.2) is 4.79 Å². The number of carbonyl (C=O) groups is 1. The maximum Gasteiger partial charge on any atom is 0.737 e. The molecule has 0 bridgehead atoms. The monoisotopic (exact) mass is 525 g/mol. The molecule has 5 heterocycles. The van der Waals surface area contributed by atoms with E-state index in [0.717, 1.165) is 45.7 Å². The number of thioether (sulfide) groups is 1.